The number of nitrogens with zero attached hydrogens (tertiary/aromatic N) is 3. The lowest BCUT2D eigenvalue weighted by Crippen LogP contribution is -2.05. The molecule has 0 unspecified atom stereocenters. The summed E-state index contributed by atoms with van der Waals surface area (Å²) in [7, 11) is -3.40. The summed E-state index contributed by atoms with van der Waals surface area (Å²) in [6.07, 6.45) is 4.61. The number of sulfone groups is 1. The van der Waals surface area contributed by atoms with Gasteiger partial charge in [-0.3, -0.25) is 9.56 Å². The lowest BCUT2D eigenvalue weighted by molar-refractivity contribution is -0.140. The molecule has 2 aromatic rings. The van der Waals surface area contributed by atoms with Crippen LogP contribution in [0.15, 0.2) is 64.4 Å². The zero-order valence-electron chi connectivity index (χ0n) is 14.5. The third kappa shape index (κ3) is 5.54. The normalized spacial score (nSPS) is 12.5. The molecule has 0 bridgehead atoms. The van der Waals surface area contributed by atoms with Crippen molar-refractivity contribution in [2.24, 2.45) is 4.99 Å². The molecule has 5 nitrogen and oxygen atoms in total. The minimum atomic E-state index is -4.61. The Morgan fingerprint density at radius 3 is 2.44 bits per heavy atom. The van der Waals surface area contributed by atoms with E-state index in [2.05, 4.69) is 15.7 Å². The van der Waals surface area contributed by atoms with Crippen molar-refractivity contribution in [3.8, 4) is 5.69 Å². The number of benzene rings is 1. The fourth-order valence-corrected chi connectivity index (χ4v) is 2.69. The number of rotatable bonds is 5. The summed E-state index contributed by atoms with van der Waals surface area (Å²) in [5.41, 5.74) is 2.01. The van der Waals surface area contributed by atoms with Gasteiger partial charge in [-0.1, -0.05) is 6.08 Å². The number of aromatic nitrogens is 2. The van der Waals surface area contributed by atoms with Gasteiger partial charge in [-0.25, -0.2) is 13.4 Å². The smallest absolute Gasteiger partial charge is 0.300 e. The van der Waals surface area contributed by atoms with E-state index < -0.39 is 21.7 Å². The highest BCUT2D eigenvalue weighted by Crippen LogP contribution is 2.30. The van der Waals surface area contributed by atoms with Crippen molar-refractivity contribution in [3.05, 3.63) is 66.1 Å². The second-order valence-corrected chi connectivity index (χ2v) is 7.36. The van der Waals surface area contributed by atoms with Gasteiger partial charge < -0.3 is 0 Å². The molecule has 27 heavy (non-hydrogen) atoms. The molecule has 142 valence electrons. The maximum Gasteiger partial charge on any atom is 0.434 e. The van der Waals surface area contributed by atoms with Gasteiger partial charge in [0, 0.05) is 24.4 Å². The first-order valence-corrected chi connectivity index (χ1v) is 9.54. The van der Waals surface area contributed by atoms with Crippen molar-refractivity contribution in [1.82, 2.24) is 9.55 Å². The first kappa shape index (κ1) is 20.4. The van der Waals surface area contributed by atoms with Crippen LogP contribution in [-0.4, -0.2) is 30.4 Å². The van der Waals surface area contributed by atoms with E-state index in [1.807, 2.05) is 0 Å². The number of hydrogen-bond acceptors (Lipinski definition) is 4. The van der Waals surface area contributed by atoms with Gasteiger partial charge in [-0.2, -0.15) is 13.2 Å². The Labute approximate surface area is 154 Å². The predicted molar refractivity (Wildman–Crippen MR) is 97.5 cm³/mol. The Bertz CT molecular complexity index is 1020. The fourth-order valence-electron chi connectivity index (χ4n) is 2.06. The highest BCUT2D eigenvalue weighted by Gasteiger charge is 2.34. The molecule has 1 aromatic heterocycles. The minimum Gasteiger partial charge on any atom is -0.300 e. The van der Waals surface area contributed by atoms with Gasteiger partial charge >= 0.3 is 6.18 Å². The average Bonchev–Trinajstić information content (AvgIpc) is 3.02. The van der Waals surface area contributed by atoms with Gasteiger partial charge in [-0.05, 0) is 43.3 Å². The Hall–Kier alpha value is -2.90. The van der Waals surface area contributed by atoms with Crippen LogP contribution in [0.5, 0.6) is 0 Å². The van der Waals surface area contributed by atoms with Gasteiger partial charge in [0.25, 0.3) is 0 Å². The molecule has 2 rings (SSSR count). The van der Waals surface area contributed by atoms with Gasteiger partial charge in [0.15, 0.2) is 15.5 Å². The summed E-state index contributed by atoms with van der Waals surface area (Å²) in [6.45, 7) is 1.73. The molecule has 0 saturated heterocycles. The van der Waals surface area contributed by atoms with Crippen LogP contribution in [0.25, 0.3) is 11.8 Å². The summed E-state index contributed by atoms with van der Waals surface area (Å²) >= 11 is 0. The minimum absolute atomic E-state index is 0.0338. The molecular weight excluding hydrogens is 379 g/mol. The van der Waals surface area contributed by atoms with Gasteiger partial charge in [0.1, 0.15) is 5.82 Å². The molecule has 0 atom stereocenters. The van der Waals surface area contributed by atoms with Crippen LogP contribution in [0.2, 0.25) is 0 Å². The summed E-state index contributed by atoms with van der Waals surface area (Å²) in [6, 6.07) is 5.50. The highest BCUT2D eigenvalue weighted by atomic mass is 32.2. The molecular formula is C18H16F3N3O2S. The van der Waals surface area contributed by atoms with Crippen molar-refractivity contribution >= 4 is 22.1 Å². The van der Waals surface area contributed by atoms with Crippen LogP contribution in [-0.2, 0) is 16.0 Å². The monoisotopic (exact) mass is 395 g/mol. The maximum absolute atomic E-state index is 13.0. The number of hydrogen-bond donors (Lipinski definition) is 0. The average molecular weight is 395 g/mol. The molecule has 0 fully saturated rings. The Morgan fingerprint density at radius 1 is 1.22 bits per heavy atom. The zero-order chi connectivity index (χ0) is 20.1. The van der Waals surface area contributed by atoms with Gasteiger partial charge in [0.05, 0.1) is 11.1 Å². The third-order valence-electron chi connectivity index (χ3n) is 3.30. The summed E-state index contributed by atoms with van der Waals surface area (Å²) in [5.74, 6) is 0.0338. The van der Waals surface area contributed by atoms with Crippen molar-refractivity contribution < 1.29 is 21.6 Å². The Balaban J connectivity index is 2.46. The first-order valence-electron chi connectivity index (χ1n) is 7.65. The quantitative estimate of drug-likeness (QED) is 0.436. The molecule has 0 radical (unpaired) electrons. The van der Waals surface area contributed by atoms with Gasteiger partial charge in [0.2, 0.25) is 0 Å². The molecule has 0 aliphatic rings. The van der Waals surface area contributed by atoms with Gasteiger partial charge in [-0.15, -0.1) is 5.73 Å². The number of halogens is 3. The molecule has 0 N–H and O–H groups in total. The Morgan fingerprint density at radius 2 is 1.89 bits per heavy atom. The predicted octanol–water partition coefficient (Wildman–Crippen LogP) is 4.07. The topological polar surface area (TPSA) is 64.3 Å². The van der Waals surface area contributed by atoms with E-state index in [0.29, 0.717) is 5.69 Å². The molecule has 0 aliphatic heterocycles. The number of aliphatic imine (C=N–C) groups is 1. The molecule has 0 aliphatic carbocycles. The van der Waals surface area contributed by atoms with Crippen LogP contribution >= 0.6 is 0 Å². The van der Waals surface area contributed by atoms with Crippen LogP contribution in [0.1, 0.15) is 18.4 Å². The molecule has 9 heteroatoms. The van der Waals surface area contributed by atoms with E-state index in [0.717, 1.165) is 12.5 Å². The van der Waals surface area contributed by atoms with Crippen molar-refractivity contribution in [2.75, 3.05) is 6.26 Å². The third-order valence-corrected chi connectivity index (χ3v) is 4.43. The zero-order valence-corrected chi connectivity index (χ0v) is 15.3. The van der Waals surface area contributed by atoms with Crippen LogP contribution in [0, 0.1) is 0 Å². The SMILES string of the molecule is CC=NC=C=C/C=C/c1nc(C(F)(F)F)cn1-c1ccc(S(C)(=O)=O)cc1. The van der Waals surface area contributed by atoms with Crippen LogP contribution < -0.4 is 0 Å². The van der Waals surface area contributed by atoms with Crippen molar-refractivity contribution in [1.29, 1.82) is 0 Å². The highest BCUT2D eigenvalue weighted by molar-refractivity contribution is 7.90. The lowest BCUT2D eigenvalue weighted by atomic mass is 10.3. The number of alkyl halides is 3. The number of imidazole rings is 1. The maximum atomic E-state index is 13.0. The van der Waals surface area contributed by atoms with E-state index in [4.69, 9.17) is 0 Å². The van der Waals surface area contributed by atoms with E-state index in [1.165, 1.54) is 53.3 Å². The van der Waals surface area contributed by atoms with E-state index >= 15 is 0 Å². The Kier molecular flexibility index (Phi) is 6.20. The van der Waals surface area contributed by atoms with E-state index in [-0.39, 0.29) is 10.7 Å². The fraction of sp³-hybridized carbons (Fsp3) is 0.167. The van der Waals surface area contributed by atoms with E-state index in [9.17, 15) is 21.6 Å². The molecule has 0 saturated carbocycles. The standard InChI is InChI=1S/C18H16F3N3O2S/c1-3-22-12-6-4-5-7-17-23-16(18(19,20)21)13-24(17)14-8-10-15(11-9-14)27(2,25)26/h3-5,7-13H,1-2H3/b7-5+,22-3?. The van der Waals surface area contributed by atoms with Crippen molar-refractivity contribution in [3.63, 3.8) is 0 Å². The lowest BCUT2D eigenvalue weighted by Gasteiger charge is -2.06. The molecule has 1 aromatic carbocycles. The van der Waals surface area contributed by atoms with Crippen LogP contribution in [0.4, 0.5) is 13.2 Å². The van der Waals surface area contributed by atoms with Crippen molar-refractivity contribution in [2.45, 2.75) is 18.0 Å². The van der Waals surface area contributed by atoms with E-state index in [1.54, 1.807) is 13.1 Å². The van der Waals surface area contributed by atoms with Crippen LogP contribution in [0.3, 0.4) is 0 Å². The summed E-state index contributed by atoms with van der Waals surface area (Å²) in [5, 5.41) is 0. The second kappa shape index (κ2) is 8.20. The summed E-state index contributed by atoms with van der Waals surface area (Å²) < 4.78 is 63.4. The molecule has 0 spiro atoms. The second-order valence-electron chi connectivity index (χ2n) is 5.35. The first-order chi connectivity index (χ1) is 12.6. The molecule has 0 amide bonds. The largest absolute Gasteiger partial charge is 0.434 e. The summed E-state index contributed by atoms with van der Waals surface area (Å²) in [4.78, 5) is 7.48. The number of allylic oxidation sites excluding steroid dienone is 2. The molecule has 1 heterocycles.